The average Bonchev–Trinajstić information content (AvgIpc) is 2.39. The Balaban J connectivity index is 2.16. The number of nitrogens with zero attached hydrogens (tertiary/aromatic N) is 1. The molecule has 1 saturated carbocycles. The summed E-state index contributed by atoms with van der Waals surface area (Å²) in [6, 6.07) is 2.15. The topological polar surface area (TPSA) is 29.5 Å². The molecule has 1 heterocycles. The van der Waals surface area contributed by atoms with Gasteiger partial charge in [-0.1, -0.05) is 6.42 Å². The first kappa shape index (κ1) is 13.5. The number of carbonyl (C=O) groups is 1. The summed E-state index contributed by atoms with van der Waals surface area (Å²) in [5.74, 6) is 1.10. The first-order valence-electron chi connectivity index (χ1n) is 7.43. The summed E-state index contributed by atoms with van der Waals surface area (Å²) in [7, 11) is 1.72. The SMILES string of the molecule is COc1cc2c(c(C)c1C)N(C(C)=O)CC1(CCC1)C2. The fourth-order valence-electron chi connectivity index (χ4n) is 3.82. The molecule has 1 aliphatic heterocycles. The van der Waals surface area contributed by atoms with Crippen LogP contribution in [-0.4, -0.2) is 19.6 Å². The van der Waals surface area contributed by atoms with Gasteiger partial charge in [-0.3, -0.25) is 4.79 Å². The van der Waals surface area contributed by atoms with Gasteiger partial charge in [0.25, 0.3) is 0 Å². The van der Waals surface area contributed by atoms with Crippen LogP contribution >= 0.6 is 0 Å². The van der Waals surface area contributed by atoms with Gasteiger partial charge in [0.15, 0.2) is 0 Å². The molecule has 0 radical (unpaired) electrons. The van der Waals surface area contributed by atoms with Crippen LogP contribution in [0.3, 0.4) is 0 Å². The molecule has 1 fully saturated rings. The van der Waals surface area contributed by atoms with Gasteiger partial charge in [0.1, 0.15) is 5.75 Å². The van der Waals surface area contributed by atoms with Crippen LogP contribution in [0.2, 0.25) is 0 Å². The van der Waals surface area contributed by atoms with Gasteiger partial charge in [-0.05, 0) is 61.3 Å². The van der Waals surface area contributed by atoms with Crippen LogP contribution < -0.4 is 9.64 Å². The van der Waals surface area contributed by atoms with Crippen LogP contribution in [0.25, 0.3) is 0 Å². The van der Waals surface area contributed by atoms with E-state index in [9.17, 15) is 4.79 Å². The predicted octanol–water partition coefficient (Wildman–Crippen LogP) is 3.39. The molecule has 1 amide bonds. The lowest BCUT2D eigenvalue weighted by atomic mass is 9.63. The van der Waals surface area contributed by atoms with Gasteiger partial charge in [-0.2, -0.15) is 0 Å². The van der Waals surface area contributed by atoms with Crippen molar-refractivity contribution in [1.82, 2.24) is 0 Å². The van der Waals surface area contributed by atoms with Crippen molar-refractivity contribution in [2.45, 2.75) is 46.5 Å². The molecule has 3 heteroatoms. The standard InChI is InChI=1S/C17H23NO2/c1-11-12(2)16-14(8-15(11)20-4)9-17(6-5-7-17)10-18(16)13(3)19/h8H,5-7,9-10H2,1-4H3. The Morgan fingerprint density at radius 2 is 2.00 bits per heavy atom. The molecule has 20 heavy (non-hydrogen) atoms. The van der Waals surface area contributed by atoms with Crippen molar-refractivity contribution in [3.63, 3.8) is 0 Å². The number of benzene rings is 1. The molecule has 2 aliphatic rings. The molecule has 0 N–H and O–H groups in total. The number of amides is 1. The van der Waals surface area contributed by atoms with Crippen LogP contribution in [0, 0.1) is 19.3 Å². The number of ether oxygens (including phenoxy) is 1. The maximum absolute atomic E-state index is 12.1. The van der Waals surface area contributed by atoms with Crippen LogP contribution in [0.1, 0.15) is 42.9 Å². The molecule has 0 atom stereocenters. The van der Waals surface area contributed by atoms with Crippen LogP contribution in [0.15, 0.2) is 6.07 Å². The Hall–Kier alpha value is -1.51. The summed E-state index contributed by atoms with van der Waals surface area (Å²) < 4.78 is 5.50. The van der Waals surface area contributed by atoms with Crippen LogP contribution in [0.5, 0.6) is 5.75 Å². The molecule has 0 bridgehead atoms. The summed E-state index contributed by atoms with van der Waals surface area (Å²) in [4.78, 5) is 14.1. The first-order chi connectivity index (χ1) is 9.47. The van der Waals surface area contributed by atoms with E-state index in [1.807, 2.05) is 4.90 Å². The van der Waals surface area contributed by atoms with E-state index in [1.54, 1.807) is 14.0 Å². The van der Waals surface area contributed by atoms with Crippen molar-refractivity contribution in [3.05, 3.63) is 22.8 Å². The zero-order valence-electron chi connectivity index (χ0n) is 12.9. The van der Waals surface area contributed by atoms with E-state index >= 15 is 0 Å². The Labute approximate surface area is 120 Å². The number of anilines is 1. The maximum Gasteiger partial charge on any atom is 0.223 e. The molecule has 1 aliphatic carbocycles. The Kier molecular flexibility index (Phi) is 3.03. The summed E-state index contributed by atoms with van der Waals surface area (Å²) in [5, 5.41) is 0. The molecule has 3 nitrogen and oxygen atoms in total. The third kappa shape index (κ3) is 1.83. The van der Waals surface area contributed by atoms with E-state index in [4.69, 9.17) is 4.74 Å². The predicted molar refractivity (Wildman–Crippen MR) is 80.5 cm³/mol. The molecular weight excluding hydrogens is 250 g/mol. The van der Waals surface area contributed by atoms with Gasteiger partial charge in [-0.15, -0.1) is 0 Å². The average molecular weight is 273 g/mol. The molecule has 0 aromatic heterocycles. The number of fused-ring (bicyclic) bond motifs is 1. The van der Waals surface area contributed by atoms with E-state index in [0.29, 0.717) is 5.41 Å². The third-order valence-electron chi connectivity index (χ3n) is 5.24. The smallest absolute Gasteiger partial charge is 0.223 e. The number of carbonyl (C=O) groups excluding carboxylic acids is 1. The summed E-state index contributed by atoms with van der Waals surface area (Å²) in [6.45, 7) is 6.74. The minimum atomic E-state index is 0.157. The number of hydrogen-bond donors (Lipinski definition) is 0. The Morgan fingerprint density at radius 3 is 2.50 bits per heavy atom. The summed E-state index contributed by atoms with van der Waals surface area (Å²) >= 11 is 0. The first-order valence-corrected chi connectivity index (χ1v) is 7.43. The van der Waals surface area contributed by atoms with E-state index in [1.165, 1.54) is 30.4 Å². The number of hydrogen-bond acceptors (Lipinski definition) is 2. The quantitative estimate of drug-likeness (QED) is 0.785. The largest absolute Gasteiger partial charge is 0.496 e. The second kappa shape index (κ2) is 4.51. The molecule has 1 aromatic rings. The number of methoxy groups -OCH3 is 1. The van der Waals surface area contributed by atoms with Gasteiger partial charge < -0.3 is 9.64 Å². The minimum absolute atomic E-state index is 0.157. The highest BCUT2D eigenvalue weighted by atomic mass is 16.5. The van der Waals surface area contributed by atoms with E-state index in [0.717, 1.165) is 30.0 Å². The molecule has 1 spiro atoms. The van der Waals surface area contributed by atoms with Gasteiger partial charge in [0.05, 0.1) is 12.8 Å². The number of rotatable bonds is 1. The molecule has 1 aromatic carbocycles. The lowest BCUT2D eigenvalue weighted by Crippen LogP contribution is -2.49. The third-order valence-corrected chi connectivity index (χ3v) is 5.24. The zero-order valence-corrected chi connectivity index (χ0v) is 12.9. The minimum Gasteiger partial charge on any atom is -0.496 e. The van der Waals surface area contributed by atoms with Crippen molar-refractivity contribution in [2.75, 3.05) is 18.6 Å². The summed E-state index contributed by atoms with van der Waals surface area (Å²) in [6.07, 6.45) is 4.86. The van der Waals surface area contributed by atoms with Crippen LogP contribution in [-0.2, 0) is 11.2 Å². The van der Waals surface area contributed by atoms with E-state index in [2.05, 4.69) is 19.9 Å². The monoisotopic (exact) mass is 273 g/mol. The van der Waals surface area contributed by atoms with Crippen molar-refractivity contribution >= 4 is 11.6 Å². The van der Waals surface area contributed by atoms with Gasteiger partial charge in [-0.25, -0.2) is 0 Å². The van der Waals surface area contributed by atoms with Crippen molar-refractivity contribution in [1.29, 1.82) is 0 Å². The Bertz CT molecular complexity index is 573. The fourth-order valence-corrected chi connectivity index (χ4v) is 3.82. The molecule has 3 rings (SSSR count). The Morgan fingerprint density at radius 1 is 1.30 bits per heavy atom. The highest BCUT2D eigenvalue weighted by Crippen LogP contribution is 2.51. The highest BCUT2D eigenvalue weighted by Gasteiger charge is 2.44. The normalized spacial score (nSPS) is 19.5. The fraction of sp³-hybridized carbons (Fsp3) is 0.588. The van der Waals surface area contributed by atoms with Gasteiger partial charge in [0.2, 0.25) is 5.91 Å². The lowest BCUT2D eigenvalue weighted by Gasteiger charge is -2.49. The van der Waals surface area contributed by atoms with Gasteiger partial charge in [0, 0.05) is 13.5 Å². The maximum atomic E-state index is 12.1. The van der Waals surface area contributed by atoms with Crippen molar-refractivity contribution in [2.24, 2.45) is 5.41 Å². The second-order valence-electron chi connectivity index (χ2n) is 6.47. The van der Waals surface area contributed by atoms with Crippen molar-refractivity contribution in [3.8, 4) is 5.75 Å². The zero-order chi connectivity index (χ0) is 14.5. The summed E-state index contributed by atoms with van der Waals surface area (Å²) in [5.41, 5.74) is 5.07. The van der Waals surface area contributed by atoms with Gasteiger partial charge >= 0.3 is 0 Å². The molecule has 0 saturated heterocycles. The molecule has 0 unspecified atom stereocenters. The molecule has 108 valence electrons. The van der Waals surface area contributed by atoms with Crippen molar-refractivity contribution < 1.29 is 9.53 Å². The highest BCUT2D eigenvalue weighted by molar-refractivity contribution is 5.94. The van der Waals surface area contributed by atoms with E-state index < -0.39 is 0 Å². The lowest BCUT2D eigenvalue weighted by molar-refractivity contribution is -0.117. The molecular formula is C17H23NO2. The van der Waals surface area contributed by atoms with Crippen LogP contribution in [0.4, 0.5) is 5.69 Å². The second-order valence-corrected chi connectivity index (χ2v) is 6.47. The van der Waals surface area contributed by atoms with E-state index in [-0.39, 0.29) is 5.91 Å².